The smallest absolute Gasteiger partial charge is 0.354 e. The van der Waals surface area contributed by atoms with Crippen molar-refractivity contribution in [2.75, 3.05) is 0 Å². The van der Waals surface area contributed by atoms with Gasteiger partial charge in [-0.15, -0.1) is 0 Å². The maximum Gasteiger partial charge on any atom is 0.354 e. The number of aromatic nitrogens is 2. The molecule has 3 N–H and O–H groups in total. The number of imidazole rings is 1. The zero-order valence-corrected chi connectivity index (χ0v) is 9.56. The minimum Gasteiger partial charge on any atom is -0.477 e. The van der Waals surface area contributed by atoms with E-state index in [1.54, 1.807) is 19.1 Å². The van der Waals surface area contributed by atoms with Crippen LogP contribution in [0.15, 0.2) is 22.9 Å². The van der Waals surface area contributed by atoms with Gasteiger partial charge in [-0.2, -0.15) is 0 Å². The van der Waals surface area contributed by atoms with E-state index in [1.165, 1.54) is 0 Å². The lowest BCUT2D eigenvalue weighted by Crippen LogP contribution is -2.25. The minimum absolute atomic E-state index is 0.147. The first-order valence-corrected chi connectivity index (χ1v) is 5.18. The summed E-state index contributed by atoms with van der Waals surface area (Å²) in [6.45, 7) is 1.97. The molecule has 0 unspecified atom stereocenters. The largest absolute Gasteiger partial charge is 0.477 e. The van der Waals surface area contributed by atoms with E-state index < -0.39 is 11.9 Å². The number of nitrogens with one attached hydrogen (secondary N) is 2. The van der Waals surface area contributed by atoms with E-state index in [-0.39, 0.29) is 17.9 Å². The number of amides is 1. The van der Waals surface area contributed by atoms with E-state index in [0.29, 0.717) is 5.76 Å². The fourth-order valence-electron chi connectivity index (χ4n) is 1.46. The molecule has 0 saturated heterocycles. The average Bonchev–Trinajstić information content (AvgIpc) is 2.94. The molecular weight excluding hydrogens is 238 g/mol. The van der Waals surface area contributed by atoms with Gasteiger partial charge in [0.15, 0.2) is 11.4 Å². The zero-order chi connectivity index (χ0) is 13.1. The van der Waals surface area contributed by atoms with Crippen molar-refractivity contribution in [1.29, 1.82) is 0 Å². The molecule has 0 aliphatic heterocycles. The van der Waals surface area contributed by atoms with Crippen LogP contribution in [0.4, 0.5) is 0 Å². The van der Waals surface area contributed by atoms with E-state index in [4.69, 9.17) is 9.52 Å². The van der Waals surface area contributed by atoms with Gasteiger partial charge in [0.05, 0.1) is 12.9 Å². The van der Waals surface area contributed by atoms with Crippen molar-refractivity contribution in [3.8, 4) is 0 Å². The van der Waals surface area contributed by atoms with Crippen LogP contribution < -0.4 is 5.32 Å². The number of furan rings is 1. The number of nitrogens with zero attached hydrogens (tertiary/aromatic N) is 1. The molecule has 1 amide bonds. The lowest BCUT2D eigenvalue weighted by molar-refractivity contribution is 0.0685. The van der Waals surface area contributed by atoms with Gasteiger partial charge in [0.1, 0.15) is 11.5 Å². The van der Waals surface area contributed by atoms with E-state index in [0.717, 1.165) is 12.1 Å². The Bertz CT molecular complexity index is 585. The summed E-state index contributed by atoms with van der Waals surface area (Å²) in [5.74, 6) is -0.465. The predicted octanol–water partition coefficient (Wildman–Crippen LogP) is 0.939. The molecule has 0 atom stereocenters. The lowest BCUT2D eigenvalue weighted by atomic mass is 10.3. The van der Waals surface area contributed by atoms with Crippen molar-refractivity contribution in [2.45, 2.75) is 13.5 Å². The van der Waals surface area contributed by atoms with Gasteiger partial charge in [-0.3, -0.25) is 4.79 Å². The molecule has 2 aromatic rings. The Morgan fingerprint density at radius 3 is 2.89 bits per heavy atom. The highest BCUT2D eigenvalue weighted by molar-refractivity contribution is 6.02. The van der Waals surface area contributed by atoms with Gasteiger partial charge < -0.3 is 19.8 Å². The van der Waals surface area contributed by atoms with E-state index in [1.807, 2.05) is 0 Å². The first-order valence-electron chi connectivity index (χ1n) is 5.18. The molecule has 7 nitrogen and oxygen atoms in total. The standard InChI is InChI=1S/C11H11N3O4/c1-6-2-3-7(18-6)4-12-10(15)8-9(11(16)17)14-5-13-8/h2-3,5H,4H2,1H3,(H,12,15)(H,13,14)(H,16,17). The van der Waals surface area contributed by atoms with Crippen LogP contribution in [0.2, 0.25) is 0 Å². The zero-order valence-electron chi connectivity index (χ0n) is 9.56. The summed E-state index contributed by atoms with van der Waals surface area (Å²) in [7, 11) is 0. The Morgan fingerprint density at radius 1 is 1.50 bits per heavy atom. The Morgan fingerprint density at radius 2 is 2.28 bits per heavy atom. The molecule has 0 spiro atoms. The normalized spacial score (nSPS) is 10.3. The Labute approximate surface area is 102 Å². The van der Waals surface area contributed by atoms with Crippen LogP contribution in [-0.2, 0) is 6.54 Å². The minimum atomic E-state index is -1.23. The van der Waals surface area contributed by atoms with Crippen molar-refractivity contribution < 1.29 is 19.1 Å². The van der Waals surface area contributed by atoms with Crippen LogP contribution in [0.3, 0.4) is 0 Å². The number of aromatic amines is 1. The molecule has 0 aliphatic carbocycles. The molecule has 7 heteroatoms. The Hall–Kier alpha value is -2.57. The van der Waals surface area contributed by atoms with Crippen LogP contribution in [0.1, 0.15) is 32.5 Å². The second kappa shape index (κ2) is 4.74. The van der Waals surface area contributed by atoms with Crippen molar-refractivity contribution >= 4 is 11.9 Å². The highest BCUT2D eigenvalue weighted by Gasteiger charge is 2.19. The summed E-state index contributed by atoms with van der Waals surface area (Å²) in [5, 5.41) is 11.4. The van der Waals surface area contributed by atoms with Crippen LogP contribution in [0.25, 0.3) is 0 Å². The average molecular weight is 249 g/mol. The molecule has 2 aromatic heterocycles. The van der Waals surface area contributed by atoms with Gasteiger partial charge in [0, 0.05) is 0 Å². The molecule has 18 heavy (non-hydrogen) atoms. The lowest BCUT2D eigenvalue weighted by Gasteiger charge is -2.01. The maximum absolute atomic E-state index is 11.7. The molecule has 2 heterocycles. The fourth-order valence-corrected chi connectivity index (χ4v) is 1.46. The molecule has 94 valence electrons. The summed E-state index contributed by atoms with van der Waals surface area (Å²) in [6, 6.07) is 3.51. The van der Waals surface area contributed by atoms with Crippen molar-refractivity contribution in [2.24, 2.45) is 0 Å². The van der Waals surface area contributed by atoms with Crippen LogP contribution in [-0.4, -0.2) is 27.0 Å². The molecule has 0 bridgehead atoms. The number of carbonyl (C=O) groups is 2. The monoisotopic (exact) mass is 249 g/mol. The number of H-pyrrole nitrogens is 1. The molecule has 0 fully saturated rings. The van der Waals surface area contributed by atoms with Crippen LogP contribution >= 0.6 is 0 Å². The van der Waals surface area contributed by atoms with Crippen molar-refractivity contribution in [3.63, 3.8) is 0 Å². The van der Waals surface area contributed by atoms with Crippen LogP contribution in [0, 0.1) is 6.92 Å². The molecular formula is C11H11N3O4. The highest BCUT2D eigenvalue weighted by atomic mass is 16.4. The summed E-state index contributed by atoms with van der Waals surface area (Å²) in [6.07, 6.45) is 1.16. The van der Waals surface area contributed by atoms with E-state index in [2.05, 4.69) is 15.3 Å². The van der Waals surface area contributed by atoms with Gasteiger partial charge in [-0.1, -0.05) is 0 Å². The van der Waals surface area contributed by atoms with Gasteiger partial charge in [-0.25, -0.2) is 9.78 Å². The number of aromatic carboxylic acids is 1. The number of rotatable bonds is 4. The summed E-state index contributed by atoms with van der Waals surface area (Å²) in [5.41, 5.74) is -0.381. The Balaban J connectivity index is 2.04. The van der Waals surface area contributed by atoms with E-state index >= 15 is 0 Å². The first-order chi connectivity index (χ1) is 8.58. The second-order valence-corrected chi connectivity index (χ2v) is 3.63. The summed E-state index contributed by atoms with van der Waals surface area (Å²) < 4.78 is 5.27. The predicted molar refractivity (Wildman–Crippen MR) is 60.2 cm³/mol. The molecule has 0 radical (unpaired) electrons. The first kappa shape index (κ1) is 11.9. The molecule has 2 rings (SSSR count). The SMILES string of the molecule is Cc1ccc(CNC(=O)c2nc[nH]c2C(=O)O)o1. The number of carboxylic acid groups (broad SMARTS) is 1. The quantitative estimate of drug-likeness (QED) is 0.747. The van der Waals surface area contributed by atoms with Crippen molar-refractivity contribution in [3.05, 3.63) is 41.4 Å². The Kier molecular flexibility index (Phi) is 3.13. The summed E-state index contributed by atoms with van der Waals surface area (Å²) >= 11 is 0. The molecule has 0 saturated carbocycles. The van der Waals surface area contributed by atoms with Gasteiger partial charge in [0.2, 0.25) is 0 Å². The van der Waals surface area contributed by atoms with E-state index in [9.17, 15) is 9.59 Å². The number of aryl methyl sites for hydroxylation is 1. The van der Waals surface area contributed by atoms with Crippen LogP contribution in [0.5, 0.6) is 0 Å². The number of hydrogen-bond acceptors (Lipinski definition) is 4. The van der Waals surface area contributed by atoms with Gasteiger partial charge in [-0.05, 0) is 19.1 Å². The second-order valence-electron chi connectivity index (χ2n) is 3.63. The number of carboxylic acids is 1. The third-order valence-corrected chi connectivity index (χ3v) is 2.29. The number of carbonyl (C=O) groups excluding carboxylic acids is 1. The fraction of sp³-hybridized carbons (Fsp3) is 0.182. The third kappa shape index (κ3) is 2.40. The topological polar surface area (TPSA) is 108 Å². The van der Waals surface area contributed by atoms with Gasteiger partial charge >= 0.3 is 5.97 Å². The maximum atomic E-state index is 11.7. The van der Waals surface area contributed by atoms with Gasteiger partial charge in [0.25, 0.3) is 5.91 Å². The number of hydrogen-bond donors (Lipinski definition) is 3. The highest BCUT2D eigenvalue weighted by Crippen LogP contribution is 2.07. The third-order valence-electron chi connectivity index (χ3n) is 2.29. The van der Waals surface area contributed by atoms with Crippen molar-refractivity contribution in [1.82, 2.24) is 15.3 Å². The summed E-state index contributed by atoms with van der Waals surface area (Å²) in [4.78, 5) is 28.6. The molecule has 0 aliphatic rings. The molecule has 0 aromatic carbocycles.